The van der Waals surface area contributed by atoms with Crippen molar-refractivity contribution < 1.29 is 14.3 Å². The van der Waals surface area contributed by atoms with Crippen molar-refractivity contribution in [3.63, 3.8) is 0 Å². The average molecular weight is 387 g/mol. The van der Waals surface area contributed by atoms with Crippen molar-refractivity contribution in [2.24, 2.45) is 0 Å². The molecule has 8 heteroatoms. The maximum Gasteiger partial charge on any atom is 0.262 e. The van der Waals surface area contributed by atoms with Gasteiger partial charge >= 0.3 is 0 Å². The van der Waals surface area contributed by atoms with Crippen LogP contribution >= 0.6 is 11.8 Å². The number of hydrogen-bond acceptors (Lipinski definition) is 5. The molecule has 27 heavy (non-hydrogen) atoms. The summed E-state index contributed by atoms with van der Waals surface area (Å²) in [5.41, 5.74) is 0.429. The molecule has 1 aromatic heterocycles. The lowest BCUT2D eigenvalue weighted by molar-refractivity contribution is -0.113. The molecule has 0 aliphatic rings. The van der Waals surface area contributed by atoms with Crippen LogP contribution in [0.25, 0.3) is 10.9 Å². The summed E-state index contributed by atoms with van der Waals surface area (Å²) in [7, 11) is 0. The third kappa shape index (κ3) is 4.53. The highest BCUT2D eigenvalue weighted by Crippen LogP contribution is 2.19. The number of fused-ring (bicyclic) bond motifs is 1. The van der Waals surface area contributed by atoms with E-state index in [1.54, 1.807) is 36.4 Å². The Morgan fingerprint density at radius 1 is 1.19 bits per heavy atom. The van der Waals surface area contributed by atoms with Gasteiger partial charge in [0.1, 0.15) is 5.82 Å². The Morgan fingerprint density at radius 3 is 2.70 bits per heavy atom. The smallest absolute Gasteiger partial charge is 0.262 e. The van der Waals surface area contributed by atoms with Gasteiger partial charge in [-0.25, -0.2) is 9.37 Å². The Bertz CT molecular complexity index is 1020. The number of nitrogens with one attached hydrogen (secondary N) is 1. The number of hydrogen-bond donors (Lipinski definition) is 2. The normalized spacial score (nSPS) is 10.9. The third-order valence-corrected chi connectivity index (χ3v) is 4.82. The Balaban J connectivity index is 1.81. The molecule has 0 saturated carbocycles. The van der Waals surface area contributed by atoms with Crippen molar-refractivity contribution in [3.8, 4) is 0 Å². The van der Waals surface area contributed by atoms with E-state index < -0.39 is 11.7 Å². The molecule has 140 valence electrons. The molecule has 0 atom stereocenters. The second-order valence-corrected chi connectivity index (χ2v) is 6.70. The fourth-order valence-corrected chi connectivity index (χ4v) is 3.39. The van der Waals surface area contributed by atoms with E-state index in [1.165, 1.54) is 16.7 Å². The number of para-hydroxylation sites is 2. The van der Waals surface area contributed by atoms with Crippen LogP contribution in [0.1, 0.15) is 6.42 Å². The number of rotatable bonds is 7. The van der Waals surface area contributed by atoms with Crippen LogP contribution in [0, 0.1) is 5.82 Å². The predicted molar refractivity (Wildman–Crippen MR) is 103 cm³/mol. The molecule has 0 radical (unpaired) electrons. The van der Waals surface area contributed by atoms with Gasteiger partial charge in [0.15, 0.2) is 5.16 Å². The Morgan fingerprint density at radius 2 is 1.93 bits per heavy atom. The second-order valence-electron chi connectivity index (χ2n) is 5.76. The molecule has 3 rings (SSSR count). The average Bonchev–Trinajstić information content (AvgIpc) is 2.68. The zero-order chi connectivity index (χ0) is 19.2. The van der Waals surface area contributed by atoms with Crippen molar-refractivity contribution in [3.05, 3.63) is 64.7 Å². The molecule has 6 nitrogen and oxygen atoms in total. The van der Waals surface area contributed by atoms with E-state index in [0.717, 1.165) is 11.8 Å². The number of carbonyl (C=O) groups excluding carboxylic acids is 1. The number of aromatic nitrogens is 2. The van der Waals surface area contributed by atoms with E-state index in [9.17, 15) is 14.0 Å². The molecule has 0 aliphatic carbocycles. The van der Waals surface area contributed by atoms with Crippen LogP contribution in [-0.2, 0) is 11.3 Å². The Kier molecular flexibility index (Phi) is 6.20. The molecule has 2 aromatic carbocycles. The fraction of sp³-hybridized carbons (Fsp3) is 0.211. The molecule has 1 heterocycles. The molecule has 3 aromatic rings. The first-order valence-electron chi connectivity index (χ1n) is 8.38. The molecule has 0 saturated heterocycles. The van der Waals surface area contributed by atoms with Crippen LogP contribution in [0.5, 0.6) is 0 Å². The zero-order valence-corrected chi connectivity index (χ0v) is 15.2. The van der Waals surface area contributed by atoms with Gasteiger partial charge in [0, 0.05) is 13.2 Å². The fourth-order valence-electron chi connectivity index (χ4n) is 2.56. The summed E-state index contributed by atoms with van der Waals surface area (Å²) in [6.07, 6.45) is 0.398. The predicted octanol–water partition coefficient (Wildman–Crippen LogP) is 2.65. The third-order valence-electron chi connectivity index (χ3n) is 3.85. The number of aliphatic hydroxyl groups excluding tert-OH is 1. The SMILES string of the molecule is O=C(CSc1nc2ccccc2c(=O)n1CCCO)Nc1ccccc1F. The highest BCUT2D eigenvalue weighted by Gasteiger charge is 2.14. The van der Waals surface area contributed by atoms with E-state index in [4.69, 9.17) is 5.11 Å². The minimum absolute atomic E-state index is 0.0295. The minimum Gasteiger partial charge on any atom is -0.396 e. The van der Waals surface area contributed by atoms with E-state index in [-0.39, 0.29) is 23.6 Å². The van der Waals surface area contributed by atoms with Crippen molar-refractivity contribution in [2.75, 3.05) is 17.7 Å². The maximum absolute atomic E-state index is 13.6. The molecular weight excluding hydrogens is 369 g/mol. The standard InChI is InChI=1S/C19H18FN3O3S/c20-14-7-2-4-9-16(14)21-17(25)12-27-19-22-15-8-3-1-6-13(15)18(26)23(19)10-5-11-24/h1-4,6-9,24H,5,10-12H2,(H,21,25). The summed E-state index contributed by atoms with van der Waals surface area (Å²) >= 11 is 1.10. The molecule has 0 aliphatic heterocycles. The van der Waals surface area contributed by atoms with Gasteiger partial charge in [-0.2, -0.15) is 0 Å². The molecule has 0 bridgehead atoms. The van der Waals surface area contributed by atoms with Crippen molar-refractivity contribution in [2.45, 2.75) is 18.1 Å². The van der Waals surface area contributed by atoms with Gasteiger partial charge in [-0.1, -0.05) is 36.0 Å². The highest BCUT2D eigenvalue weighted by molar-refractivity contribution is 7.99. The van der Waals surface area contributed by atoms with Crippen LogP contribution < -0.4 is 10.9 Å². The number of carbonyl (C=O) groups is 1. The summed E-state index contributed by atoms with van der Waals surface area (Å²) in [6.45, 7) is 0.238. The molecule has 1 amide bonds. The first-order chi connectivity index (χ1) is 13.1. The summed E-state index contributed by atoms with van der Waals surface area (Å²) in [5, 5.41) is 12.5. The van der Waals surface area contributed by atoms with Gasteiger partial charge < -0.3 is 10.4 Å². The van der Waals surface area contributed by atoms with Gasteiger partial charge in [0.25, 0.3) is 5.56 Å². The lowest BCUT2D eigenvalue weighted by Gasteiger charge is -2.12. The van der Waals surface area contributed by atoms with Crippen molar-refractivity contribution in [1.82, 2.24) is 9.55 Å². The van der Waals surface area contributed by atoms with Crippen LogP contribution in [-0.4, -0.2) is 32.9 Å². The summed E-state index contributed by atoms with van der Waals surface area (Å²) < 4.78 is 15.1. The number of thioether (sulfide) groups is 1. The van der Waals surface area contributed by atoms with Gasteiger partial charge in [-0.05, 0) is 30.7 Å². The topological polar surface area (TPSA) is 84.2 Å². The van der Waals surface area contributed by atoms with Crippen LogP contribution in [0.2, 0.25) is 0 Å². The maximum atomic E-state index is 13.6. The number of nitrogens with zero attached hydrogens (tertiary/aromatic N) is 2. The largest absolute Gasteiger partial charge is 0.396 e. The molecular formula is C19H18FN3O3S. The first-order valence-corrected chi connectivity index (χ1v) is 9.36. The van der Waals surface area contributed by atoms with Crippen molar-refractivity contribution in [1.29, 1.82) is 0 Å². The molecule has 2 N–H and O–H groups in total. The van der Waals surface area contributed by atoms with Gasteiger partial charge in [0.2, 0.25) is 5.91 Å². The molecule has 0 spiro atoms. The Hall–Kier alpha value is -2.71. The zero-order valence-electron chi connectivity index (χ0n) is 14.4. The number of amides is 1. The highest BCUT2D eigenvalue weighted by atomic mass is 32.2. The summed E-state index contributed by atoms with van der Waals surface area (Å²) in [6, 6.07) is 12.9. The number of anilines is 1. The number of aliphatic hydroxyl groups is 1. The second kappa shape index (κ2) is 8.79. The first kappa shape index (κ1) is 19.1. The van der Waals surface area contributed by atoms with E-state index in [2.05, 4.69) is 10.3 Å². The minimum atomic E-state index is -0.514. The van der Waals surface area contributed by atoms with Crippen LogP contribution in [0.15, 0.2) is 58.5 Å². The van der Waals surface area contributed by atoms with Gasteiger partial charge in [-0.15, -0.1) is 0 Å². The van der Waals surface area contributed by atoms with Crippen LogP contribution in [0.3, 0.4) is 0 Å². The summed E-state index contributed by atoms with van der Waals surface area (Å²) in [5.74, 6) is -0.945. The van der Waals surface area contributed by atoms with E-state index >= 15 is 0 Å². The molecule has 0 fully saturated rings. The van der Waals surface area contributed by atoms with E-state index in [1.807, 2.05) is 0 Å². The quantitative estimate of drug-likeness (QED) is 0.481. The van der Waals surface area contributed by atoms with Gasteiger partial charge in [0.05, 0.1) is 22.3 Å². The van der Waals surface area contributed by atoms with Gasteiger partial charge in [-0.3, -0.25) is 14.2 Å². The van der Waals surface area contributed by atoms with Crippen LogP contribution in [0.4, 0.5) is 10.1 Å². The summed E-state index contributed by atoms with van der Waals surface area (Å²) in [4.78, 5) is 29.3. The van der Waals surface area contributed by atoms with E-state index in [0.29, 0.717) is 29.0 Å². The lowest BCUT2D eigenvalue weighted by Crippen LogP contribution is -2.25. The van der Waals surface area contributed by atoms with Crippen molar-refractivity contribution >= 4 is 34.3 Å². The molecule has 0 unspecified atom stereocenters. The Labute approximate surface area is 159 Å². The monoisotopic (exact) mass is 387 g/mol. The lowest BCUT2D eigenvalue weighted by atomic mass is 10.2. The number of benzene rings is 2. The number of halogens is 1.